The Labute approximate surface area is 146 Å². The van der Waals surface area contributed by atoms with E-state index in [1.165, 1.54) is 38.5 Å². The molecule has 1 aliphatic heterocycles. The molecule has 0 unspecified atom stereocenters. The van der Waals surface area contributed by atoms with Crippen LogP contribution in [-0.2, 0) is 0 Å². The van der Waals surface area contributed by atoms with Gasteiger partial charge in [-0.3, -0.25) is 5.32 Å². The molecule has 0 saturated heterocycles. The highest BCUT2D eigenvalue weighted by Gasteiger charge is 2.21. The fourth-order valence-electron chi connectivity index (χ4n) is 2.34. The highest BCUT2D eigenvalue weighted by molar-refractivity contribution is 6.06. The van der Waals surface area contributed by atoms with Crippen molar-refractivity contribution in [2.75, 3.05) is 5.32 Å². The summed E-state index contributed by atoms with van der Waals surface area (Å²) in [6.45, 7) is 8.30. The third-order valence-electron chi connectivity index (χ3n) is 3.52. The molecular weight excluding hydrogens is 298 g/mol. The third kappa shape index (κ3) is 8.56. The van der Waals surface area contributed by atoms with Crippen molar-refractivity contribution in [3.8, 4) is 0 Å². The van der Waals surface area contributed by atoms with Crippen LogP contribution in [0.2, 0.25) is 0 Å². The molecule has 5 nitrogen and oxygen atoms in total. The van der Waals surface area contributed by atoms with Crippen molar-refractivity contribution < 1.29 is 0 Å². The van der Waals surface area contributed by atoms with E-state index in [-0.39, 0.29) is 0 Å². The Balaban J connectivity index is 0.000000307. The van der Waals surface area contributed by atoms with Crippen LogP contribution in [0, 0.1) is 0 Å². The van der Waals surface area contributed by atoms with Gasteiger partial charge >= 0.3 is 0 Å². The highest BCUT2D eigenvalue weighted by Crippen LogP contribution is 2.14. The van der Waals surface area contributed by atoms with Gasteiger partial charge in [-0.1, -0.05) is 70.6 Å². The van der Waals surface area contributed by atoms with Crippen LogP contribution in [0.1, 0.15) is 66.2 Å². The summed E-state index contributed by atoms with van der Waals surface area (Å²) in [7, 11) is 0. The number of guanidine groups is 2. The Bertz CT molecular complexity index is 514. The smallest absolute Gasteiger partial charge is 0.205 e. The predicted molar refractivity (Wildman–Crippen MR) is 105 cm³/mol. The van der Waals surface area contributed by atoms with Crippen molar-refractivity contribution in [2.45, 2.75) is 71.9 Å². The largest absolute Gasteiger partial charge is 0.370 e. The lowest BCUT2D eigenvalue weighted by Crippen LogP contribution is -2.47. The standard InChI is InChI=1S/C11H15N5.C8H18/c1-11(2)15-9(12)14-10(16-11)13-8-6-4-3-5-7-8;1-3-5-7-8-6-4-2/h3-7H,1-2H3,(H4,12,13,14,15,16);3-8H2,1-2H3. The van der Waals surface area contributed by atoms with E-state index in [0.717, 1.165) is 5.69 Å². The molecule has 1 aromatic rings. The minimum Gasteiger partial charge on any atom is -0.370 e. The molecule has 0 saturated carbocycles. The minimum atomic E-state index is -0.521. The van der Waals surface area contributed by atoms with Gasteiger partial charge in [0.25, 0.3) is 0 Å². The van der Waals surface area contributed by atoms with E-state index in [4.69, 9.17) is 5.73 Å². The first-order valence-corrected chi connectivity index (χ1v) is 9.01. The lowest BCUT2D eigenvalue weighted by Gasteiger charge is -2.24. The van der Waals surface area contributed by atoms with Crippen molar-refractivity contribution >= 4 is 17.6 Å². The molecule has 5 heteroatoms. The fraction of sp³-hybridized carbons (Fsp3) is 0.579. The number of aliphatic imine (C=N–C) groups is 2. The van der Waals surface area contributed by atoms with E-state index in [1.54, 1.807) is 0 Å². The number of anilines is 1. The Morgan fingerprint density at radius 3 is 2.04 bits per heavy atom. The first-order chi connectivity index (χ1) is 11.5. The first-order valence-electron chi connectivity index (χ1n) is 9.01. The summed E-state index contributed by atoms with van der Waals surface area (Å²) < 4.78 is 0. The maximum Gasteiger partial charge on any atom is 0.205 e. The van der Waals surface area contributed by atoms with Crippen LogP contribution in [0.5, 0.6) is 0 Å². The maximum atomic E-state index is 5.67. The molecule has 4 N–H and O–H groups in total. The van der Waals surface area contributed by atoms with E-state index in [1.807, 2.05) is 44.2 Å². The van der Waals surface area contributed by atoms with Gasteiger partial charge in [-0.25, -0.2) is 9.98 Å². The van der Waals surface area contributed by atoms with E-state index in [2.05, 4.69) is 34.5 Å². The lowest BCUT2D eigenvalue weighted by molar-refractivity contribution is 0.541. The number of unbranched alkanes of at least 4 members (excludes halogenated alkanes) is 5. The van der Waals surface area contributed by atoms with Gasteiger partial charge in [0, 0.05) is 5.69 Å². The zero-order valence-electron chi connectivity index (χ0n) is 15.6. The number of nitrogens with one attached hydrogen (secondary N) is 2. The van der Waals surface area contributed by atoms with Gasteiger partial charge in [0.2, 0.25) is 5.96 Å². The summed E-state index contributed by atoms with van der Waals surface area (Å²) in [5, 5.41) is 6.03. The molecule has 0 aliphatic carbocycles. The zero-order valence-corrected chi connectivity index (χ0v) is 15.6. The number of hydrogen-bond donors (Lipinski definition) is 3. The summed E-state index contributed by atoms with van der Waals surface area (Å²) in [5.74, 6) is 0.988. The molecule has 0 aromatic heterocycles. The van der Waals surface area contributed by atoms with Crippen molar-refractivity contribution in [2.24, 2.45) is 15.7 Å². The molecule has 0 fully saturated rings. The SMILES string of the molecule is CC1(C)N=C(N)NC(Nc2ccccc2)=N1.CCCCCCCC. The molecule has 0 atom stereocenters. The Morgan fingerprint density at radius 1 is 0.958 bits per heavy atom. The minimum absolute atomic E-state index is 0.374. The van der Waals surface area contributed by atoms with Gasteiger partial charge in [-0.05, 0) is 26.0 Å². The van der Waals surface area contributed by atoms with E-state index in [0.29, 0.717) is 11.9 Å². The third-order valence-corrected chi connectivity index (χ3v) is 3.52. The number of hydrogen-bond acceptors (Lipinski definition) is 5. The number of nitrogens with two attached hydrogens (primary N) is 1. The topological polar surface area (TPSA) is 74.8 Å². The van der Waals surface area contributed by atoms with Gasteiger partial charge in [-0.2, -0.15) is 0 Å². The molecule has 0 amide bonds. The summed E-state index contributed by atoms with van der Waals surface area (Å²) in [4.78, 5) is 8.55. The van der Waals surface area contributed by atoms with Crippen LogP contribution in [0.4, 0.5) is 5.69 Å². The summed E-state index contributed by atoms with van der Waals surface area (Å²) >= 11 is 0. The molecule has 0 radical (unpaired) electrons. The normalized spacial score (nSPS) is 15.3. The second kappa shape index (κ2) is 10.7. The molecule has 1 aliphatic rings. The average molecular weight is 332 g/mol. The molecular formula is C19H33N5. The van der Waals surface area contributed by atoms with Gasteiger partial charge < -0.3 is 11.1 Å². The Morgan fingerprint density at radius 2 is 1.54 bits per heavy atom. The average Bonchev–Trinajstić information content (AvgIpc) is 2.51. The quantitative estimate of drug-likeness (QED) is 0.673. The summed E-state index contributed by atoms with van der Waals surface area (Å²) in [6, 6.07) is 9.78. The number of rotatable bonds is 6. The molecule has 1 aromatic carbocycles. The maximum absolute atomic E-state index is 5.67. The van der Waals surface area contributed by atoms with Gasteiger partial charge in [0.1, 0.15) is 0 Å². The van der Waals surface area contributed by atoms with Crippen molar-refractivity contribution in [1.82, 2.24) is 5.32 Å². The summed E-state index contributed by atoms with van der Waals surface area (Å²) in [6.07, 6.45) is 8.49. The molecule has 2 rings (SSSR count). The molecule has 134 valence electrons. The predicted octanol–water partition coefficient (Wildman–Crippen LogP) is 4.48. The first kappa shape index (κ1) is 20.0. The molecule has 0 bridgehead atoms. The van der Waals surface area contributed by atoms with Crippen molar-refractivity contribution in [3.63, 3.8) is 0 Å². The fourth-order valence-corrected chi connectivity index (χ4v) is 2.34. The Kier molecular flexibility index (Phi) is 8.90. The second-order valence-corrected chi connectivity index (χ2v) is 6.48. The van der Waals surface area contributed by atoms with Crippen LogP contribution < -0.4 is 16.4 Å². The van der Waals surface area contributed by atoms with Gasteiger partial charge in [0.15, 0.2) is 11.6 Å². The van der Waals surface area contributed by atoms with Crippen molar-refractivity contribution in [1.29, 1.82) is 0 Å². The number of nitrogens with zero attached hydrogens (tertiary/aromatic N) is 2. The molecule has 1 heterocycles. The van der Waals surface area contributed by atoms with Crippen LogP contribution in [0.25, 0.3) is 0 Å². The second-order valence-electron chi connectivity index (χ2n) is 6.48. The Hall–Kier alpha value is -2.04. The monoisotopic (exact) mass is 331 g/mol. The lowest BCUT2D eigenvalue weighted by atomic mass is 10.1. The van der Waals surface area contributed by atoms with E-state index < -0.39 is 5.66 Å². The number of para-hydroxylation sites is 1. The molecule has 0 spiro atoms. The number of benzene rings is 1. The zero-order chi connectivity index (χ0) is 17.8. The molecule has 24 heavy (non-hydrogen) atoms. The van der Waals surface area contributed by atoms with Gasteiger partial charge in [-0.15, -0.1) is 0 Å². The van der Waals surface area contributed by atoms with Gasteiger partial charge in [0.05, 0.1) is 0 Å². The van der Waals surface area contributed by atoms with Crippen LogP contribution in [0.3, 0.4) is 0 Å². The summed E-state index contributed by atoms with van der Waals surface area (Å²) in [5.41, 5.74) is 6.11. The highest BCUT2D eigenvalue weighted by atomic mass is 15.3. The van der Waals surface area contributed by atoms with E-state index in [9.17, 15) is 0 Å². The van der Waals surface area contributed by atoms with Crippen LogP contribution in [-0.4, -0.2) is 17.6 Å². The van der Waals surface area contributed by atoms with Crippen LogP contribution in [0.15, 0.2) is 40.3 Å². The van der Waals surface area contributed by atoms with Crippen LogP contribution >= 0.6 is 0 Å². The van der Waals surface area contributed by atoms with Crippen molar-refractivity contribution in [3.05, 3.63) is 30.3 Å². The van der Waals surface area contributed by atoms with E-state index >= 15 is 0 Å².